The summed E-state index contributed by atoms with van der Waals surface area (Å²) in [7, 11) is 0. The van der Waals surface area contributed by atoms with Gasteiger partial charge in [-0.05, 0) is 35.7 Å². The summed E-state index contributed by atoms with van der Waals surface area (Å²) in [6, 6.07) is 11.6. The number of hydrogen-bond acceptors (Lipinski definition) is 4. The highest BCUT2D eigenvalue weighted by Crippen LogP contribution is 2.25. The number of furan rings is 1. The van der Waals surface area contributed by atoms with Crippen LogP contribution < -0.4 is 0 Å². The van der Waals surface area contributed by atoms with Crippen molar-refractivity contribution < 1.29 is 9.21 Å². The summed E-state index contributed by atoms with van der Waals surface area (Å²) < 4.78 is 7.00. The third kappa shape index (κ3) is 2.38. The summed E-state index contributed by atoms with van der Waals surface area (Å²) in [5.74, 6) is 1.03. The van der Waals surface area contributed by atoms with Crippen LogP contribution in [0.3, 0.4) is 0 Å². The van der Waals surface area contributed by atoms with Crippen LogP contribution in [0.25, 0.3) is 17.1 Å². The maximum atomic E-state index is 11.2. The zero-order valence-electron chi connectivity index (χ0n) is 11.9. The molecule has 1 aromatic carbocycles. The van der Waals surface area contributed by atoms with Crippen molar-refractivity contribution in [2.75, 3.05) is 0 Å². The first kappa shape index (κ1) is 13.3. The molecule has 0 saturated carbocycles. The van der Waals surface area contributed by atoms with E-state index in [0.29, 0.717) is 23.7 Å². The normalized spacial score (nSPS) is 11.0. The van der Waals surface area contributed by atoms with Crippen molar-refractivity contribution in [3.05, 3.63) is 53.9 Å². The first-order valence-corrected chi connectivity index (χ1v) is 6.76. The second kappa shape index (κ2) is 5.36. The average Bonchev–Trinajstić information content (AvgIpc) is 3.15. The Balaban J connectivity index is 2.10. The molecule has 0 unspecified atom stereocenters. The number of aromatic nitrogens is 3. The quantitative estimate of drug-likeness (QED) is 0.687. The number of rotatable bonds is 4. The third-order valence-corrected chi connectivity index (χ3v) is 3.37. The number of aldehydes is 1. The molecule has 0 amide bonds. The van der Waals surface area contributed by atoms with Crippen LogP contribution >= 0.6 is 0 Å². The minimum Gasteiger partial charge on any atom is -0.463 e. The lowest BCUT2D eigenvalue weighted by molar-refractivity contribution is 0.111. The van der Waals surface area contributed by atoms with Gasteiger partial charge < -0.3 is 4.42 Å². The topological polar surface area (TPSA) is 60.9 Å². The lowest BCUT2D eigenvalue weighted by Gasteiger charge is -2.08. The van der Waals surface area contributed by atoms with Gasteiger partial charge in [-0.25, -0.2) is 4.68 Å². The van der Waals surface area contributed by atoms with E-state index in [1.54, 1.807) is 23.1 Å². The van der Waals surface area contributed by atoms with Crippen LogP contribution in [-0.2, 0) is 0 Å². The Kier molecular flexibility index (Phi) is 3.39. The fourth-order valence-corrected chi connectivity index (χ4v) is 2.20. The lowest BCUT2D eigenvalue weighted by Crippen LogP contribution is -2.00. The van der Waals surface area contributed by atoms with Gasteiger partial charge in [-0.1, -0.05) is 31.2 Å². The second-order valence-corrected chi connectivity index (χ2v) is 5.08. The summed E-state index contributed by atoms with van der Waals surface area (Å²) in [5, 5.41) is 7.97. The van der Waals surface area contributed by atoms with Crippen LogP contribution in [0, 0.1) is 0 Å². The van der Waals surface area contributed by atoms with E-state index in [-0.39, 0.29) is 5.69 Å². The molecule has 0 saturated heterocycles. The Morgan fingerprint density at radius 1 is 1.19 bits per heavy atom. The summed E-state index contributed by atoms with van der Waals surface area (Å²) >= 11 is 0. The van der Waals surface area contributed by atoms with E-state index in [2.05, 4.69) is 24.2 Å². The smallest absolute Gasteiger partial charge is 0.172 e. The summed E-state index contributed by atoms with van der Waals surface area (Å²) in [5.41, 5.74) is 2.91. The minimum absolute atomic E-state index is 0.262. The van der Waals surface area contributed by atoms with Gasteiger partial charge >= 0.3 is 0 Å². The summed E-state index contributed by atoms with van der Waals surface area (Å²) in [6.07, 6.45) is 2.24. The van der Waals surface area contributed by atoms with E-state index in [4.69, 9.17) is 4.42 Å². The van der Waals surface area contributed by atoms with Gasteiger partial charge in [0.25, 0.3) is 0 Å². The standard InChI is InChI=1S/C16H15N3O2/c1-11(2)12-5-7-13(8-6-12)19-16(14(10-20)17-18-19)15-4-3-9-21-15/h3-11H,1-2H3. The minimum atomic E-state index is 0.262. The Hall–Kier alpha value is -2.69. The van der Waals surface area contributed by atoms with Crippen LogP contribution in [0.15, 0.2) is 47.1 Å². The highest BCUT2D eigenvalue weighted by Gasteiger charge is 2.18. The van der Waals surface area contributed by atoms with Gasteiger partial charge in [-0.2, -0.15) is 0 Å². The van der Waals surface area contributed by atoms with Gasteiger partial charge in [0.15, 0.2) is 17.7 Å². The highest BCUT2D eigenvalue weighted by molar-refractivity contribution is 5.82. The van der Waals surface area contributed by atoms with Gasteiger partial charge in [0.05, 0.1) is 12.0 Å². The van der Waals surface area contributed by atoms with Crippen molar-refractivity contribution in [2.24, 2.45) is 0 Å². The van der Waals surface area contributed by atoms with E-state index in [1.165, 1.54) is 5.56 Å². The van der Waals surface area contributed by atoms with Crippen LogP contribution in [0.1, 0.15) is 35.8 Å². The molecule has 0 radical (unpaired) electrons. The van der Waals surface area contributed by atoms with E-state index in [1.807, 2.05) is 24.3 Å². The zero-order valence-corrected chi connectivity index (χ0v) is 11.9. The molecule has 3 aromatic rings. The van der Waals surface area contributed by atoms with Gasteiger partial charge in [-0.3, -0.25) is 4.79 Å². The number of benzene rings is 1. The molecule has 0 aliphatic rings. The first-order chi connectivity index (χ1) is 10.2. The Morgan fingerprint density at radius 2 is 1.95 bits per heavy atom. The molecule has 0 fully saturated rings. The molecule has 21 heavy (non-hydrogen) atoms. The second-order valence-electron chi connectivity index (χ2n) is 5.08. The molecule has 0 bridgehead atoms. The Morgan fingerprint density at radius 3 is 2.52 bits per heavy atom. The number of nitrogens with zero attached hydrogens (tertiary/aromatic N) is 3. The largest absolute Gasteiger partial charge is 0.463 e. The van der Waals surface area contributed by atoms with E-state index in [9.17, 15) is 4.79 Å². The molecule has 0 aliphatic carbocycles. The molecule has 5 nitrogen and oxygen atoms in total. The van der Waals surface area contributed by atoms with Gasteiger partial charge in [-0.15, -0.1) is 5.10 Å². The van der Waals surface area contributed by atoms with Gasteiger partial charge in [0.1, 0.15) is 5.69 Å². The molecule has 0 N–H and O–H groups in total. The molecular weight excluding hydrogens is 266 g/mol. The predicted molar refractivity (Wildman–Crippen MR) is 78.5 cm³/mol. The van der Waals surface area contributed by atoms with Crippen LogP contribution in [0.2, 0.25) is 0 Å². The predicted octanol–water partition coefficient (Wildman–Crippen LogP) is 3.46. The molecule has 2 heterocycles. The van der Waals surface area contributed by atoms with Crippen LogP contribution in [0.5, 0.6) is 0 Å². The maximum Gasteiger partial charge on any atom is 0.172 e. The fourth-order valence-electron chi connectivity index (χ4n) is 2.20. The summed E-state index contributed by atoms with van der Waals surface area (Å²) in [4.78, 5) is 11.2. The van der Waals surface area contributed by atoms with Crippen LogP contribution in [0.4, 0.5) is 0 Å². The molecule has 0 spiro atoms. The SMILES string of the molecule is CC(C)c1ccc(-n2nnc(C=O)c2-c2ccco2)cc1. The van der Waals surface area contributed by atoms with Gasteiger partial charge in [0, 0.05) is 0 Å². The van der Waals surface area contributed by atoms with Crippen molar-refractivity contribution in [3.8, 4) is 17.1 Å². The average molecular weight is 281 g/mol. The highest BCUT2D eigenvalue weighted by atomic mass is 16.3. The Labute approximate surface area is 122 Å². The number of hydrogen-bond donors (Lipinski definition) is 0. The van der Waals surface area contributed by atoms with Crippen LogP contribution in [-0.4, -0.2) is 21.3 Å². The maximum absolute atomic E-state index is 11.2. The van der Waals surface area contributed by atoms with Gasteiger partial charge in [0.2, 0.25) is 0 Å². The molecule has 0 atom stereocenters. The number of carbonyl (C=O) groups excluding carboxylic acids is 1. The van der Waals surface area contributed by atoms with Crippen molar-refractivity contribution in [3.63, 3.8) is 0 Å². The monoisotopic (exact) mass is 281 g/mol. The van der Waals surface area contributed by atoms with Crippen molar-refractivity contribution in [2.45, 2.75) is 19.8 Å². The van der Waals surface area contributed by atoms with E-state index >= 15 is 0 Å². The van der Waals surface area contributed by atoms with E-state index < -0.39 is 0 Å². The Bertz CT molecular complexity index is 740. The number of carbonyl (C=O) groups is 1. The van der Waals surface area contributed by atoms with E-state index in [0.717, 1.165) is 5.69 Å². The third-order valence-electron chi connectivity index (χ3n) is 3.37. The molecule has 5 heteroatoms. The molecule has 2 aromatic heterocycles. The fraction of sp³-hybridized carbons (Fsp3) is 0.188. The zero-order chi connectivity index (χ0) is 14.8. The molecule has 106 valence electrons. The molecule has 3 rings (SSSR count). The lowest BCUT2D eigenvalue weighted by atomic mass is 10.0. The van der Waals surface area contributed by atoms with Crippen molar-refractivity contribution in [1.82, 2.24) is 15.0 Å². The molecular formula is C16H15N3O2. The molecule has 0 aliphatic heterocycles. The van der Waals surface area contributed by atoms with Crippen molar-refractivity contribution in [1.29, 1.82) is 0 Å². The first-order valence-electron chi connectivity index (χ1n) is 6.76. The van der Waals surface area contributed by atoms with Crippen molar-refractivity contribution >= 4 is 6.29 Å². The summed E-state index contributed by atoms with van der Waals surface area (Å²) in [6.45, 7) is 4.28.